The van der Waals surface area contributed by atoms with Crippen LogP contribution < -0.4 is 0 Å². The highest BCUT2D eigenvalue weighted by molar-refractivity contribution is 5.85. The second-order valence-electron chi connectivity index (χ2n) is 9.49. The summed E-state index contributed by atoms with van der Waals surface area (Å²) in [5, 5.41) is 29.3. The van der Waals surface area contributed by atoms with Crippen LogP contribution in [0.25, 0.3) is 28.1 Å². The molecule has 2 atom stereocenters. The predicted octanol–water partition coefficient (Wildman–Crippen LogP) is 3.24. The van der Waals surface area contributed by atoms with Crippen LogP contribution in [0.2, 0.25) is 0 Å². The van der Waals surface area contributed by atoms with E-state index in [2.05, 4.69) is 28.1 Å². The van der Waals surface area contributed by atoms with E-state index >= 15 is 0 Å². The van der Waals surface area contributed by atoms with Gasteiger partial charge in [-0.3, -0.25) is 9.30 Å². The molecule has 8 heteroatoms. The fraction of sp³-hybridized carbons (Fsp3) is 0.400. The molecular formula is C25H26FN5O2. The molecule has 1 aliphatic carbocycles. The number of aliphatic hydroxyl groups is 2. The number of fused-ring (bicyclic) bond motifs is 2. The van der Waals surface area contributed by atoms with Crippen molar-refractivity contribution in [2.45, 2.75) is 43.7 Å². The number of halogens is 1. The summed E-state index contributed by atoms with van der Waals surface area (Å²) in [7, 11) is 0. The first kappa shape index (κ1) is 20.7. The Hall–Kier alpha value is -2.94. The minimum atomic E-state index is -0.401. The molecule has 4 aromatic rings. The Bertz CT molecular complexity index is 1370. The van der Waals surface area contributed by atoms with Crippen molar-refractivity contribution >= 4 is 16.6 Å². The smallest absolute Gasteiger partial charge is 0.187 e. The summed E-state index contributed by atoms with van der Waals surface area (Å²) in [5.74, 6) is 0.303. The Kier molecular flexibility index (Phi) is 4.72. The van der Waals surface area contributed by atoms with Gasteiger partial charge < -0.3 is 10.2 Å². The SMILES string of the molecule is C[C@@H](c1ccc2nnc(-c3ccc4cc(F)cc(C5(CO)CC5)c4n3)n2c1)N1CC[C@H](O)C1. The zero-order chi connectivity index (χ0) is 22.7. The van der Waals surface area contributed by atoms with E-state index in [0.717, 1.165) is 42.6 Å². The number of β-amino-alcohol motifs (C(OH)–C–C–N with tert-alkyl or cyclic N) is 1. The summed E-state index contributed by atoms with van der Waals surface area (Å²) in [6.07, 6.45) is 4.22. The number of likely N-dealkylation sites (tertiary alicyclic amines) is 1. The molecule has 1 aromatic carbocycles. The number of benzene rings is 1. The molecular weight excluding hydrogens is 421 g/mol. The third-order valence-corrected chi connectivity index (χ3v) is 7.36. The van der Waals surface area contributed by atoms with E-state index in [1.54, 1.807) is 0 Å². The highest BCUT2D eigenvalue weighted by Gasteiger charge is 2.45. The molecule has 170 valence electrons. The van der Waals surface area contributed by atoms with Gasteiger partial charge in [-0.15, -0.1) is 10.2 Å². The first-order valence-corrected chi connectivity index (χ1v) is 11.5. The lowest BCUT2D eigenvalue weighted by Crippen LogP contribution is -2.25. The van der Waals surface area contributed by atoms with Crippen LogP contribution in [0.5, 0.6) is 0 Å². The molecule has 6 rings (SSSR count). The zero-order valence-corrected chi connectivity index (χ0v) is 18.4. The van der Waals surface area contributed by atoms with Crippen molar-refractivity contribution < 1.29 is 14.6 Å². The fourth-order valence-electron chi connectivity index (χ4n) is 5.05. The van der Waals surface area contributed by atoms with Gasteiger partial charge in [0, 0.05) is 36.1 Å². The normalized spacial score (nSPS) is 21.2. The third kappa shape index (κ3) is 3.40. The molecule has 33 heavy (non-hydrogen) atoms. The second-order valence-corrected chi connectivity index (χ2v) is 9.49. The van der Waals surface area contributed by atoms with Gasteiger partial charge in [-0.1, -0.05) is 12.1 Å². The number of hydrogen-bond acceptors (Lipinski definition) is 6. The van der Waals surface area contributed by atoms with Crippen LogP contribution in [0.15, 0.2) is 42.6 Å². The first-order chi connectivity index (χ1) is 16.0. The van der Waals surface area contributed by atoms with Crippen molar-refractivity contribution in [1.29, 1.82) is 0 Å². The number of hydrogen-bond donors (Lipinski definition) is 2. The van der Waals surface area contributed by atoms with Crippen LogP contribution in [0.1, 0.15) is 43.4 Å². The Morgan fingerprint density at radius 1 is 1.18 bits per heavy atom. The van der Waals surface area contributed by atoms with Gasteiger partial charge in [0.25, 0.3) is 0 Å². The van der Waals surface area contributed by atoms with Crippen molar-refractivity contribution in [1.82, 2.24) is 24.5 Å². The number of rotatable bonds is 5. The lowest BCUT2D eigenvalue weighted by atomic mass is 9.94. The van der Waals surface area contributed by atoms with Crippen LogP contribution in [0, 0.1) is 5.82 Å². The molecule has 0 unspecified atom stereocenters. The van der Waals surface area contributed by atoms with Crippen molar-refractivity contribution in [3.05, 3.63) is 59.5 Å². The van der Waals surface area contributed by atoms with Gasteiger partial charge >= 0.3 is 0 Å². The van der Waals surface area contributed by atoms with Gasteiger partial charge in [0.05, 0.1) is 18.2 Å². The fourth-order valence-corrected chi connectivity index (χ4v) is 5.05. The first-order valence-electron chi connectivity index (χ1n) is 11.5. The minimum Gasteiger partial charge on any atom is -0.395 e. The summed E-state index contributed by atoms with van der Waals surface area (Å²) in [6, 6.07) is 10.8. The predicted molar refractivity (Wildman–Crippen MR) is 122 cm³/mol. The average Bonchev–Trinajstić information content (AvgIpc) is 3.32. The molecule has 7 nitrogen and oxygen atoms in total. The van der Waals surface area contributed by atoms with E-state index in [-0.39, 0.29) is 24.6 Å². The Labute approximate surface area is 190 Å². The average molecular weight is 448 g/mol. The minimum absolute atomic E-state index is 0.0161. The van der Waals surface area contributed by atoms with Crippen LogP contribution in [0.3, 0.4) is 0 Å². The molecule has 0 amide bonds. The zero-order valence-electron chi connectivity index (χ0n) is 18.4. The van der Waals surface area contributed by atoms with Crippen LogP contribution in [-0.4, -0.2) is 60.5 Å². The van der Waals surface area contributed by atoms with Gasteiger partial charge in [0.15, 0.2) is 11.5 Å². The van der Waals surface area contributed by atoms with E-state index in [0.29, 0.717) is 29.0 Å². The maximum atomic E-state index is 14.3. The molecule has 0 bridgehead atoms. The van der Waals surface area contributed by atoms with E-state index < -0.39 is 5.41 Å². The van der Waals surface area contributed by atoms with Gasteiger partial charge in [0.1, 0.15) is 11.5 Å². The number of nitrogens with zero attached hydrogens (tertiary/aromatic N) is 5. The molecule has 1 saturated heterocycles. The van der Waals surface area contributed by atoms with Gasteiger partial charge in [-0.2, -0.15) is 0 Å². The quantitative estimate of drug-likeness (QED) is 0.489. The standard InChI is InChI=1S/C25H26FN5O2/c1-15(30-9-6-19(33)13-30)17-3-5-22-28-29-24(31(22)12-17)21-4-2-16-10-18(26)11-20(23(16)27-21)25(14-32)7-8-25/h2-5,10-12,15,19,32-33H,6-9,13-14H2,1H3/t15-,19-/m0/s1. The van der Waals surface area contributed by atoms with E-state index in [1.807, 2.05) is 28.8 Å². The highest BCUT2D eigenvalue weighted by Crippen LogP contribution is 2.50. The molecule has 2 N–H and O–H groups in total. The Morgan fingerprint density at radius 3 is 2.76 bits per heavy atom. The molecule has 0 spiro atoms. The van der Waals surface area contributed by atoms with Gasteiger partial charge in [0.2, 0.25) is 0 Å². The maximum absolute atomic E-state index is 14.3. The number of aromatic nitrogens is 4. The van der Waals surface area contributed by atoms with E-state index in [9.17, 15) is 14.6 Å². The third-order valence-electron chi connectivity index (χ3n) is 7.36. The lowest BCUT2D eigenvalue weighted by molar-refractivity contribution is 0.163. The number of pyridine rings is 2. The molecule has 4 heterocycles. The Balaban J connectivity index is 1.44. The molecule has 3 aromatic heterocycles. The van der Waals surface area contributed by atoms with Crippen LogP contribution in [-0.2, 0) is 5.41 Å². The lowest BCUT2D eigenvalue weighted by Gasteiger charge is -2.24. The molecule has 1 aliphatic heterocycles. The van der Waals surface area contributed by atoms with Crippen LogP contribution >= 0.6 is 0 Å². The van der Waals surface area contributed by atoms with Crippen molar-refractivity contribution in [3.8, 4) is 11.5 Å². The maximum Gasteiger partial charge on any atom is 0.187 e. The van der Waals surface area contributed by atoms with E-state index in [1.165, 1.54) is 12.1 Å². The second kappa shape index (κ2) is 7.55. The summed E-state index contributed by atoms with van der Waals surface area (Å²) in [4.78, 5) is 7.15. The van der Waals surface area contributed by atoms with Gasteiger partial charge in [-0.05, 0) is 61.6 Å². The monoisotopic (exact) mass is 447 g/mol. The van der Waals surface area contributed by atoms with Crippen molar-refractivity contribution in [3.63, 3.8) is 0 Å². The summed E-state index contributed by atoms with van der Waals surface area (Å²) in [5.41, 5.74) is 3.54. The molecule has 2 fully saturated rings. The number of aliphatic hydroxyl groups excluding tert-OH is 2. The van der Waals surface area contributed by atoms with Crippen LogP contribution in [0.4, 0.5) is 4.39 Å². The molecule has 0 radical (unpaired) electrons. The van der Waals surface area contributed by atoms with Gasteiger partial charge in [-0.25, -0.2) is 9.37 Å². The summed E-state index contributed by atoms with van der Waals surface area (Å²) in [6.45, 7) is 3.67. The largest absolute Gasteiger partial charge is 0.395 e. The Morgan fingerprint density at radius 2 is 2.03 bits per heavy atom. The topological polar surface area (TPSA) is 86.8 Å². The summed E-state index contributed by atoms with van der Waals surface area (Å²) < 4.78 is 16.2. The van der Waals surface area contributed by atoms with Crippen molar-refractivity contribution in [2.24, 2.45) is 0 Å². The van der Waals surface area contributed by atoms with E-state index in [4.69, 9.17) is 4.98 Å². The molecule has 2 aliphatic rings. The summed E-state index contributed by atoms with van der Waals surface area (Å²) >= 11 is 0. The highest BCUT2D eigenvalue weighted by atomic mass is 19.1. The van der Waals surface area contributed by atoms with Crippen molar-refractivity contribution in [2.75, 3.05) is 19.7 Å². The molecule has 1 saturated carbocycles.